The molecular formula is C21H23IN2O3. The van der Waals surface area contributed by atoms with Crippen molar-refractivity contribution in [2.75, 3.05) is 25.0 Å². The molecule has 2 aromatic carbocycles. The maximum atomic E-state index is 12.4. The Morgan fingerprint density at radius 3 is 2.52 bits per heavy atom. The molecule has 1 N–H and O–H groups in total. The molecule has 1 aliphatic rings. The smallest absolute Gasteiger partial charge is 0.227 e. The summed E-state index contributed by atoms with van der Waals surface area (Å²) in [7, 11) is 0. The van der Waals surface area contributed by atoms with Crippen LogP contribution in [0.3, 0.4) is 0 Å². The summed E-state index contributed by atoms with van der Waals surface area (Å²) in [6, 6.07) is 17.3. The molecule has 1 heterocycles. The van der Waals surface area contributed by atoms with Crippen molar-refractivity contribution in [1.29, 1.82) is 0 Å². The minimum Gasteiger partial charge on any atom is -0.493 e. The Bertz CT molecular complexity index is 774. The first-order chi connectivity index (χ1) is 13.1. The molecule has 0 radical (unpaired) electrons. The molecule has 0 atom stereocenters. The Morgan fingerprint density at radius 2 is 1.81 bits per heavy atom. The van der Waals surface area contributed by atoms with Crippen molar-refractivity contribution >= 4 is 40.1 Å². The van der Waals surface area contributed by atoms with Crippen LogP contribution in [0.15, 0.2) is 54.6 Å². The highest BCUT2D eigenvalue weighted by atomic mass is 127. The molecule has 142 valence electrons. The maximum absolute atomic E-state index is 12.4. The Balaban J connectivity index is 1.40. The molecule has 0 bridgehead atoms. The van der Waals surface area contributed by atoms with Gasteiger partial charge < -0.3 is 15.0 Å². The molecule has 0 aliphatic carbocycles. The van der Waals surface area contributed by atoms with E-state index in [1.807, 2.05) is 59.5 Å². The fourth-order valence-electron chi connectivity index (χ4n) is 3.13. The highest BCUT2D eigenvalue weighted by Gasteiger charge is 2.27. The zero-order chi connectivity index (χ0) is 19.1. The summed E-state index contributed by atoms with van der Waals surface area (Å²) in [5.74, 6) is 0.850. The van der Waals surface area contributed by atoms with E-state index in [-0.39, 0.29) is 17.7 Å². The molecule has 1 aliphatic heterocycles. The van der Waals surface area contributed by atoms with Crippen LogP contribution in [0.4, 0.5) is 5.69 Å². The van der Waals surface area contributed by atoms with E-state index in [1.54, 1.807) is 0 Å². The number of anilines is 1. The van der Waals surface area contributed by atoms with Crippen LogP contribution >= 0.6 is 22.6 Å². The molecule has 0 unspecified atom stereocenters. The first kappa shape index (κ1) is 19.7. The molecule has 3 rings (SSSR count). The van der Waals surface area contributed by atoms with E-state index in [9.17, 15) is 9.59 Å². The predicted octanol–water partition coefficient (Wildman–Crippen LogP) is 3.94. The third-order valence-electron chi connectivity index (χ3n) is 4.64. The summed E-state index contributed by atoms with van der Waals surface area (Å²) >= 11 is 2.23. The summed E-state index contributed by atoms with van der Waals surface area (Å²) in [4.78, 5) is 26.6. The molecule has 0 aromatic heterocycles. The van der Waals surface area contributed by atoms with Crippen molar-refractivity contribution in [1.82, 2.24) is 4.90 Å². The number of amides is 2. The minimum atomic E-state index is -0.0486. The Morgan fingerprint density at radius 1 is 1.07 bits per heavy atom. The highest BCUT2D eigenvalue weighted by Crippen LogP contribution is 2.21. The van der Waals surface area contributed by atoms with Crippen molar-refractivity contribution in [3.63, 3.8) is 0 Å². The zero-order valence-corrected chi connectivity index (χ0v) is 17.2. The zero-order valence-electron chi connectivity index (χ0n) is 15.1. The number of carbonyl (C=O) groups excluding carboxylic acids is 2. The third kappa shape index (κ3) is 5.95. The highest BCUT2D eigenvalue weighted by molar-refractivity contribution is 14.1. The van der Waals surface area contributed by atoms with Gasteiger partial charge in [-0.1, -0.05) is 24.3 Å². The van der Waals surface area contributed by atoms with E-state index < -0.39 is 0 Å². The van der Waals surface area contributed by atoms with Gasteiger partial charge in [0.2, 0.25) is 11.8 Å². The van der Waals surface area contributed by atoms with Crippen molar-refractivity contribution in [3.8, 4) is 5.75 Å². The number of ether oxygens (including phenoxy) is 1. The topological polar surface area (TPSA) is 58.6 Å². The van der Waals surface area contributed by atoms with E-state index in [4.69, 9.17) is 4.74 Å². The first-order valence-electron chi connectivity index (χ1n) is 9.14. The molecule has 2 amide bonds. The molecule has 1 fully saturated rings. The second-order valence-corrected chi connectivity index (χ2v) is 7.81. The van der Waals surface area contributed by atoms with Crippen LogP contribution in [0.25, 0.3) is 0 Å². The lowest BCUT2D eigenvalue weighted by atomic mass is 9.95. The lowest BCUT2D eigenvalue weighted by molar-refractivity contribution is -0.135. The molecule has 0 saturated carbocycles. The van der Waals surface area contributed by atoms with Gasteiger partial charge in [-0.2, -0.15) is 0 Å². The molecule has 2 aromatic rings. The van der Waals surface area contributed by atoms with Gasteiger partial charge in [-0.3, -0.25) is 9.59 Å². The van der Waals surface area contributed by atoms with Gasteiger partial charge in [-0.05, 0) is 65.8 Å². The lowest BCUT2D eigenvalue weighted by Gasteiger charge is -2.31. The van der Waals surface area contributed by atoms with Crippen LogP contribution in [-0.2, 0) is 9.59 Å². The number of nitrogens with one attached hydrogen (secondary N) is 1. The molecule has 1 saturated heterocycles. The SMILES string of the molecule is O=C(Nc1cccc(I)c1)C1CCN(C(=O)CCOc2ccccc2)CC1. The van der Waals surface area contributed by atoms with Crippen LogP contribution in [0.5, 0.6) is 5.75 Å². The van der Waals surface area contributed by atoms with E-state index >= 15 is 0 Å². The summed E-state index contributed by atoms with van der Waals surface area (Å²) in [6.07, 6.45) is 1.75. The largest absolute Gasteiger partial charge is 0.493 e. The van der Waals surface area contributed by atoms with E-state index in [0.29, 0.717) is 39.0 Å². The average Bonchev–Trinajstić information content (AvgIpc) is 2.69. The number of carbonyl (C=O) groups is 2. The molecular weight excluding hydrogens is 455 g/mol. The van der Waals surface area contributed by atoms with Gasteiger partial charge >= 0.3 is 0 Å². The first-order valence-corrected chi connectivity index (χ1v) is 10.2. The number of nitrogens with zero attached hydrogens (tertiary/aromatic N) is 1. The van der Waals surface area contributed by atoms with Crippen LogP contribution in [0.1, 0.15) is 19.3 Å². The quantitative estimate of drug-likeness (QED) is 0.641. The molecule has 5 nitrogen and oxygen atoms in total. The van der Waals surface area contributed by atoms with E-state index in [1.165, 1.54) is 0 Å². The van der Waals surface area contributed by atoms with Gasteiger partial charge in [0.15, 0.2) is 0 Å². The van der Waals surface area contributed by atoms with Gasteiger partial charge in [0.05, 0.1) is 13.0 Å². The van der Waals surface area contributed by atoms with Crippen molar-refractivity contribution < 1.29 is 14.3 Å². The molecule has 27 heavy (non-hydrogen) atoms. The van der Waals surface area contributed by atoms with Gasteiger partial charge in [-0.15, -0.1) is 0 Å². The molecule has 6 heteroatoms. The maximum Gasteiger partial charge on any atom is 0.227 e. The van der Waals surface area contributed by atoms with Crippen LogP contribution in [-0.4, -0.2) is 36.4 Å². The number of hydrogen-bond acceptors (Lipinski definition) is 3. The fraction of sp³-hybridized carbons (Fsp3) is 0.333. The van der Waals surface area contributed by atoms with Crippen molar-refractivity contribution in [3.05, 3.63) is 58.2 Å². The number of hydrogen-bond donors (Lipinski definition) is 1. The number of likely N-dealkylation sites (tertiary alicyclic amines) is 1. The van der Waals surface area contributed by atoms with Gasteiger partial charge in [0.1, 0.15) is 5.75 Å². The normalized spacial score (nSPS) is 14.6. The van der Waals surface area contributed by atoms with Crippen LogP contribution in [0, 0.1) is 9.49 Å². The number of piperidine rings is 1. The van der Waals surface area contributed by atoms with Crippen molar-refractivity contribution in [2.45, 2.75) is 19.3 Å². The fourth-order valence-corrected chi connectivity index (χ4v) is 3.68. The summed E-state index contributed by atoms with van der Waals surface area (Å²) in [6.45, 7) is 1.61. The van der Waals surface area contributed by atoms with Gasteiger partial charge in [0.25, 0.3) is 0 Å². The van der Waals surface area contributed by atoms with Crippen LogP contribution < -0.4 is 10.1 Å². The average molecular weight is 478 g/mol. The number of benzene rings is 2. The Kier molecular flexibility index (Phi) is 7.09. The minimum absolute atomic E-state index is 0.0384. The lowest BCUT2D eigenvalue weighted by Crippen LogP contribution is -2.41. The predicted molar refractivity (Wildman–Crippen MR) is 114 cm³/mol. The summed E-state index contributed by atoms with van der Waals surface area (Å²) < 4.78 is 6.68. The monoisotopic (exact) mass is 478 g/mol. The van der Waals surface area contributed by atoms with Gasteiger partial charge in [-0.25, -0.2) is 0 Å². The van der Waals surface area contributed by atoms with Crippen molar-refractivity contribution in [2.24, 2.45) is 5.92 Å². The number of para-hydroxylation sites is 1. The Labute approximate surface area is 173 Å². The number of rotatable bonds is 6. The van der Waals surface area contributed by atoms with Gasteiger partial charge in [0, 0.05) is 28.3 Å². The summed E-state index contributed by atoms with van der Waals surface area (Å²) in [5.41, 5.74) is 0.823. The molecule has 0 spiro atoms. The third-order valence-corrected chi connectivity index (χ3v) is 5.31. The summed E-state index contributed by atoms with van der Waals surface area (Å²) in [5, 5.41) is 2.98. The number of halogens is 1. The second kappa shape index (κ2) is 9.73. The second-order valence-electron chi connectivity index (χ2n) is 6.57. The standard InChI is InChI=1S/C21H23IN2O3/c22-17-5-4-6-18(15-17)23-21(26)16-9-12-24(13-10-16)20(25)11-14-27-19-7-2-1-3-8-19/h1-8,15-16H,9-14H2,(H,23,26). The Hall–Kier alpha value is -2.09. The van der Waals surface area contributed by atoms with E-state index in [0.717, 1.165) is 15.0 Å². The van der Waals surface area contributed by atoms with E-state index in [2.05, 4.69) is 27.9 Å². The van der Waals surface area contributed by atoms with Crippen LogP contribution in [0.2, 0.25) is 0 Å².